The number of hydrogen-bond acceptors (Lipinski definition) is 4. The molecular weight excluding hydrogens is 568 g/mol. The van der Waals surface area contributed by atoms with E-state index in [-0.39, 0.29) is 26.4 Å². The number of benzene rings is 4. The van der Waals surface area contributed by atoms with Crippen molar-refractivity contribution in [3.05, 3.63) is 154 Å². The molecule has 244 valence electrons. The first-order chi connectivity index (χ1) is 21.3. The molecule has 0 aliphatic heterocycles. The number of para-hydroxylation sites is 4. The first-order valence-corrected chi connectivity index (χ1v) is 15.0. The van der Waals surface area contributed by atoms with Crippen molar-refractivity contribution in [2.24, 2.45) is 0 Å². The fraction of sp³-hybridized carbons (Fsp3) is 0.238. The SMILES string of the molecule is C.C.CC=CCC=CC.Cc1cccc(Cc2cccc(C)c2O)c1O.Oc1c2cccc1Cc1cccc(c1O)C=CCC=C2. The maximum absolute atomic E-state index is 10.3. The Morgan fingerprint density at radius 3 is 1.39 bits per heavy atom. The van der Waals surface area contributed by atoms with Gasteiger partial charge in [-0.2, -0.15) is 0 Å². The highest BCUT2D eigenvalue weighted by Gasteiger charge is 2.11. The van der Waals surface area contributed by atoms with Gasteiger partial charge >= 0.3 is 0 Å². The van der Waals surface area contributed by atoms with Gasteiger partial charge in [-0.15, -0.1) is 0 Å². The van der Waals surface area contributed by atoms with E-state index >= 15 is 0 Å². The summed E-state index contributed by atoms with van der Waals surface area (Å²) in [4.78, 5) is 0. The van der Waals surface area contributed by atoms with Gasteiger partial charge in [0.05, 0.1) is 0 Å². The van der Waals surface area contributed by atoms with Gasteiger partial charge in [-0.25, -0.2) is 0 Å². The average molecular weight is 621 g/mol. The largest absolute Gasteiger partial charge is 0.507 e. The van der Waals surface area contributed by atoms with E-state index in [1.165, 1.54) is 0 Å². The van der Waals surface area contributed by atoms with Crippen molar-refractivity contribution in [2.75, 3.05) is 0 Å². The molecule has 0 saturated heterocycles. The lowest BCUT2D eigenvalue weighted by atomic mass is 9.97. The van der Waals surface area contributed by atoms with Crippen LogP contribution in [0.1, 0.15) is 86.1 Å². The predicted molar refractivity (Wildman–Crippen MR) is 198 cm³/mol. The van der Waals surface area contributed by atoms with Crippen molar-refractivity contribution in [3.63, 3.8) is 0 Å². The normalized spacial score (nSPS) is 11.6. The Morgan fingerprint density at radius 2 is 0.978 bits per heavy atom. The van der Waals surface area contributed by atoms with Crippen molar-refractivity contribution >= 4 is 12.2 Å². The van der Waals surface area contributed by atoms with Crippen LogP contribution in [-0.2, 0) is 12.8 Å². The number of phenolic OH excluding ortho intramolecular Hbond substituents is 4. The minimum Gasteiger partial charge on any atom is -0.507 e. The summed E-state index contributed by atoms with van der Waals surface area (Å²) in [5.74, 6) is 1.21. The van der Waals surface area contributed by atoms with Gasteiger partial charge in [-0.3, -0.25) is 0 Å². The summed E-state index contributed by atoms with van der Waals surface area (Å²) in [5.41, 5.74) is 6.66. The molecule has 5 rings (SSSR count). The van der Waals surface area contributed by atoms with Crippen LogP contribution >= 0.6 is 0 Å². The van der Waals surface area contributed by atoms with Gasteiger partial charge in [0.1, 0.15) is 23.0 Å². The molecule has 4 bridgehead atoms. The van der Waals surface area contributed by atoms with Crippen LogP contribution in [0.4, 0.5) is 0 Å². The molecule has 0 fully saturated rings. The number of fused-ring (bicyclic) bond motifs is 4. The fourth-order valence-corrected chi connectivity index (χ4v) is 4.73. The van der Waals surface area contributed by atoms with Crippen molar-refractivity contribution in [2.45, 2.75) is 68.2 Å². The Kier molecular flexibility index (Phi) is 17.1. The van der Waals surface area contributed by atoms with E-state index in [4.69, 9.17) is 0 Å². The molecule has 0 saturated carbocycles. The zero-order valence-corrected chi connectivity index (χ0v) is 26.2. The lowest BCUT2D eigenvalue weighted by molar-refractivity contribution is 0.458. The number of aromatic hydroxyl groups is 4. The maximum Gasteiger partial charge on any atom is 0.126 e. The number of phenols is 4. The Balaban J connectivity index is 0.000000373. The maximum atomic E-state index is 10.3. The van der Waals surface area contributed by atoms with Gasteiger partial charge in [0.2, 0.25) is 0 Å². The molecule has 1 aliphatic rings. The molecule has 0 aromatic heterocycles. The Hall–Kier alpha value is -4.96. The molecule has 0 spiro atoms. The summed E-state index contributed by atoms with van der Waals surface area (Å²) in [5, 5.41) is 40.5. The van der Waals surface area contributed by atoms with Crippen LogP contribution in [0.2, 0.25) is 0 Å². The molecule has 0 amide bonds. The fourth-order valence-electron chi connectivity index (χ4n) is 4.73. The Bertz CT molecular complexity index is 1520. The summed E-state index contributed by atoms with van der Waals surface area (Å²) in [6.45, 7) is 7.80. The molecule has 0 heterocycles. The Labute approximate surface area is 277 Å². The molecule has 4 aromatic carbocycles. The number of hydrogen-bond donors (Lipinski definition) is 4. The van der Waals surface area contributed by atoms with Crippen LogP contribution < -0.4 is 0 Å². The van der Waals surface area contributed by atoms with Crippen LogP contribution in [0.5, 0.6) is 23.0 Å². The smallest absolute Gasteiger partial charge is 0.126 e. The highest BCUT2D eigenvalue weighted by atomic mass is 16.3. The van der Waals surface area contributed by atoms with Crippen molar-refractivity contribution < 1.29 is 20.4 Å². The van der Waals surface area contributed by atoms with Gasteiger partial charge in [-0.1, -0.05) is 136 Å². The van der Waals surface area contributed by atoms with Gasteiger partial charge < -0.3 is 20.4 Å². The first kappa shape index (κ1) is 39.1. The van der Waals surface area contributed by atoms with Crippen LogP contribution in [0.25, 0.3) is 12.2 Å². The van der Waals surface area contributed by atoms with Crippen LogP contribution in [0, 0.1) is 13.8 Å². The second kappa shape index (κ2) is 20.1. The predicted octanol–water partition coefficient (Wildman–Crippen LogP) is 11.2. The summed E-state index contributed by atoms with van der Waals surface area (Å²) in [6, 6.07) is 22.7. The molecule has 1 aliphatic carbocycles. The Morgan fingerprint density at radius 1 is 0.565 bits per heavy atom. The van der Waals surface area contributed by atoms with E-state index < -0.39 is 0 Å². The average Bonchev–Trinajstić information content (AvgIpc) is 3.01. The van der Waals surface area contributed by atoms with Crippen molar-refractivity contribution in [1.82, 2.24) is 0 Å². The third-order valence-corrected chi connectivity index (χ3v) is 7.32. The molecule has 4 nitrogen and oxygen atoms in total. The van der Waals surface area contributed by atoms with E-state index in [9.17, 15) is 20.4 Å². The molecule has 0 atom stereocenters. The van der Waals surface area contributed by atoms with E-state index in [0.29, 0.717) is 24.3 Å². The molecule has 46 heavy (non-hydrogen) atoms. The first-order valence-electron chi connectivity index (χ1n) is 15.0. The third-order valence-electron chi connectivity index (χ3n) is 7.32. The van der Waals surface area contributed by atoms with Crippen molar-refractivity contribution in [1.29, 1.82) is 0 Å². The topological polar surface area (TPSA) is 80.9 Å². The van der Waals surface area contributed by atoms with Crippen LogP contribution in [0.3, 0.4) is 0 Å². The lowest BCUT2D eigenvalue weighted by Crippen LogP contribution is -1.93. The molecular formula is C42H52O4. The molecule has 4 N–H and O–H groups in total. The van der Waals surface area contributed by atoms with Crippen molar-refractivity contribution in [3.8, 4) is 23.0 Å². The molecule has 4 aromatic rings. The zero-order chi connectivity index (χ0) is 31.9. The standard InChI is InChI=1S/C18H16O2.C15H16O2.C7H12.2CH4/c19-17-13-6-2-1-3-7-14-9-5-11-16(18(14)20)12-15(17)10-4-8-13;1-10-5-3-7-12(14(10)16)9-13-8-4-6-11(2)15(13)17;1-3-5-7-6-4-2;;/h2-11,19-20H,1,12H2;3-8,16-17H,9H2,1-2H3;3-6H,7H2,1-2H3;2*1H4. The van der Waals surface area contributed by atoms with E-state index in [1.54, 1.807) is 0 Å². The number of allylic oxidation sites excluding steroid dienone is 6. The minimum absolute atomic E-state index is 0. The zero-order valence-electron chi connectivity index (χ0n) is 26.2. The second-order valence-electron chi connectivity index (χ2n) is 10.6. The summed E-state index contributed by atoms with van der Waals surface area (Å²) in [7, 11) is 0. The summed E-state index contributed by atoms with van der Waals surface area (Å²) in [6.07, 6.45) is 19.1. The van der Waals surface area contributed by atoms with Gasteiger partial charge in [-0.05, 0) is 73.9 Å². The van der Waals surface area contributed by atoms with Gasteiger partial charge in [0.15, 0.2) is 0 Å². The highest BCUT2D eigenvalue weighted by Crippen LogP contribution is 2.32. The lowest BCUT2D eigenvalue weighted by Gasteiger charge is -2.11. The van der Waals surface area contributed by atoms with Gasteiger partial charge in [0, 0.05) is 24.0 Å². The minimum atomic E-state index is 0. The van der Waals surface area contributed by atoms with E-state index in [2.05, 4.69) is 24.3 Å². The molecule has 0 radical (unpaired) electrons. The quantitative estimate of drug-likeness (QED) is 0.171. The highest BCUT2D eigenvalue weighted by molar-refractivity contribution is 5.64. The number of rotatable bonds is 4. The van der Waals surface area contributed by atoms with Crippen LogP contribution in [0.15, 0.2) is 109 Å². The molecule has 4 heteroatoms. The number of aryl methyl sites for hydroxylation is 2. The third kappa shape index (κ3) is 11.2. The second-order valence-corrected chi connectivity index (χ2v) is 10.6. The summed E-state index contributed by atoms with van der Waals surface area (Å²) < 4.78 is 0. The van der Waals surface area contributed by atoms with Crippen LogP contribution in [-0.4, -0.2) is 20.4 Å². The summed E-state index contributed by atoms with van der Waals surface area (Å²) >= 11 is 0. The van der Waals surface area contributed by atoms with E-state index in [0.717, 1.165) is 57.3 Å². The monoisotopic (exact) mass is 620 g/mol. The molecule has 0 unspecified atom stereocenters. The van der Waals surface area contributed by atoms with E-state index in [1.807, 2.05) is 125 Å². The van der Waals surface area contributed by atoms with Gasteiger partial charge in [0.25, 0.3) is 0 Å².